The molecule has 5 nitrogen and oxygen atoms in total. The normalized spacial score (nSPS) is 13.6. The summed E-state index contributed by atoms with van der Waals surface area (Å²) < 4.78 is 10.7. The fourth-order valence-electron chi connectivity index (χ4n) is 2.96. The van der Waals surface area contributed by atoms with Gasteiger partial charge in [0.05, 0.1) is 20.1 Å². The summed E-state index contributed by atoms with van der Waals surface area (Å²) in [6.45, 7) is 6.51. The van der Waals surface area contributed by atoms with Gasteiger partial charge in [0.2, 0.25) is 5.91 Å². The molecule has 27 heavy (non-hydrogen) atoms. The van der Waals surface area contributed by atoms with E-state index in [2.05, 4.69) is 19.2 Å². The molecule has 0 saturated carbocycles. The number of nitrogens with two attached hydrogens (primary N) is 1. The molecule has 0 saturated heterocycles. The highest BCUT2D eigenvalue weighted by Gasteiger charge is 2.26. The smallest absolute Gasteiger partial charge is 0.224 e. The van der Waals surface area contributed by atoms with Crippen LogP contribution in [0.4, 0.5) is 0 Å². The van der Waals surface area contributed by atoms with Crippen molar-refractivity contribution in [2.45, 2.75) is 32.2 Å². The van der Waals surface area contributed by atoms with Crippen LogP contribution in [0.3, 0.4) is 0 Å². The average molecular weight is 370 g/mol. The van der Waals surface area contributed by atoms with Crippen molar-refractivity contribution in [1.29, 1.82) is 0 Å². The summed E-state index contributed by atoms with van der Waals surface area (Å²) in [6.07, 6.45) is 0. The third-order valence-electron chi connectivity index (χ3n) is 5.01. The average Bonchev–Trinajstić information content (AvgIpc) is 2.70. The molecule has 0 aliphatic heterocycles. The lowest BCUT2D eigenvalue weighted by Gasteiger charge is -2.28. The van der Waals surface area contributed by atoms with E-state index in [4.69, 9.17) is 15.2 Å². The minimum absolute atomic E-state index is 0.0556. The number of hydrogen-bond acceptors (Lipinski definition) is 4. The molecule has 2 atom stereocenters. The van der Waals surface area contributed by atoms with E-state index in [0.29, 0.717) is 18.0 Å². The van der Waals surface area contributed by atoms with Gasteiger partial charge in [0.25, 0.3) is 0 Å². The highest BCUT2D eigenvalue weighted by Crippen LogP contribution is 2.33. The molecule has 3 N–H and O–H groups in total. The zero-order valence-electron chi connectivity index (χ0n) is 16.8. The van der Waals surface area contributed by atoms with Gasteiger partial charge >= 0.3 is 0 Å². The summed E-state index contributed by atoms with van der Waals surface area (Å²) in [4.78, 5) is 12.6. The Morgan fingerprint density at radius 3 is 2.30 bits per heavy atom. The van der Waals surface area contributed by atoms with Crippen LogP contribution in [0.5, 0.6) is 11.5 Å². The maximum absolute atomic E-state index is 12.6. The topological polar surface area (TPSA) is 73.6 Å². The van der Waals surface area contributed by atoms with E-state index >= 15 is 0 Å². The van der Waals surface area contributed by atoms with Crippen LogP contribution in [0.25, 0.3) is 0 Å². The Kier molecular flexibility index (Phi) is 6.86. The number of nitrogens with one attached hydrogen (secondary N) is 1. The number of hydrogen-bond donors (Lipinski definition) is 2. The lowest BCUT2D eigenvalue weighted by molar-refractivity contribution is -0.125. The maximum atomic E-state index is 12.6. The summed E-state index contributed by atoms with van der Waals surface area (Å²) in [6, 6.07) is 15.2. The minimum Gasteiger partial charge on any atom is -0.493 e. The summed E-state index contributed by atoms with van der Waals surface area (Å²) in [7, 11) is 3.23. The molecule has 2 unspecified atom stereocenters. The molecule has 1 amide bonds. The van der Waals surface area contributed by atoms with E-state index < -0.39 is 0 Å². The largest absolute Gasteiger partial charge is 0.493 e. The van der Waals surface area contributed by atoms with E-state index in [0.717, 1.165) is 11.1 Å². The van der Waals surface area contributed by atoms with Gasteiger partial charge in [0.1, 0.15) is 0 Å². The lowest BCUT2D eigenvalue weighted by Crippen LogP contribution is -2.41. The first-order valence-electron chi connectivity index (χ1n) is 9.11. The number of carbonyl (C=O) groups is 1. The zero-order valence-corrected chi connectivity index (χ0v) is 16.8. The second-order valence-corrected chi connectivity index (χ2v) is 7.40. The number of benzene rings is 2. The van der Waals surface area contributed by atoms with Crippen molar-refractivity contribution in [1.82, 2.24) is 5.32 Å². The fraction of sp³-hybridized carbons (Fsp3) is 0.409. The van der Waals surface area contributed by atoms with Gasteiger partial charge in [-0.15, -0.1) is 0 Å². The molecule has 0 fully saturated rings. The molecule has 0 aromatic heterocycles. The quantitative estimate of drug-likeness (QED) is 0.747. The molecule has 2 rings (SSSR count). The molecule has 0 aliphatic carbocycles. The van der Waals surface area contributed by atoms with Gasteiger partial charge in [0, 0.05) is 18.0 Å². The highest BCUT2D eigenvalue weighted by molar-refractivity contribution is 5.79. The second kappa shape index (κ2) is 8.91. The molecule has 5 heteroatoms. The van der Waals surface area contributed by atoms with Crippen molar-refractivity contribution in [2.24, 2.45) is 11.7 Å². The summed E-state index contributed by atoms with van der Waals surface area (Å²) >= 11 is 0. The zero-order chi connectivity index (χ0) is 20.0. The van der Waals surface area contributed by atoms with Crippen molar-refractivity contribution in [3.63, 3.8) is 0 Å². The predicted molar refractivity (Wildman–Crippen MR) is 108 cm³/mol. The monoisotopic (exact) mass is 370 g/mol. The first kappa shape index (κ1) is 20.8. The van der Waals surface area contributed by atoms with Crippen molar-refractivity contribution in [3.8, 4) is 11.5 Å². The predicted octanol–water partition coefficient (Wildman–Crippen LogP) is 3.43. The molecule has 0 spiro atoms. The first-order valence-corrected chi connectivity index (χ1v) is 9.11. The Bertz CT molecular complexity index is 759. The molecular weight excluding hydrogens is 340 g/mol. The second-order valence-electron chi connectivity index (χ2n) is 7.40. The number of amides is 1. The van der Waals surface area contributed by atoms with E-state index in [-0.39, 0.29) is 23.3 Å². The van der Waals surface area contributed by atoms with Crippen molar-refractivity contribution in [2.75, 3.05) is 20.8 Å². The van der Waals surface area contributed by atoms with Crippen molar-refractivity contribution < 1.29 is 14.3 Å². The molecule has 0 radical (unpaired) electrons. The van der Waals surface area contributed by atoms with Crippen LogP contribution in [0.15, 0.2) is 48.5 Å². The van der Waals surface area contributed by atoms with Gasteiger partial charge in [-0.05, 0) is 23.3 Å². The van der Waals surface area contributed by atoms with Crippen LogP contribution < -0.4 is 20.5 Å². The van der Waals surface area contributed by atoms with Crippen molar-refractivity contribution in [3.05, 3.63) is 59.7 Å². The van der Waals surface area contributed by atoms with E-state index in [1.807, 2.05) is 55.5 Å². The van der Waals surface area contributed by atoms with Crippen LogP contribution in [0.1, 0.15) is 37.9 Å². The molecule has 0 aliphatic rings. The molecule has 2 aromatic carbocycles. The Hall–Kier alpha value is -2.53. The SMILES string of the molecule is COc1ccc(C(C)(C)CNC(=O)C(C)C(N)c2ccccc2)cc1OC. The van der Waals surface area contributed by atoms with Gasteiger partial charge in [0.15, 0.2) is 11.5 Å². The van der Waals surface area contributed by atoms with Gasteiger partial charge in [-0.25, -0.2) is 0 Å². The third-order valence-corrected chi connectivity index (χ3v) is 5.01. The first-order chi connectivity index (χ1) is 12.8. The van der Waals surface area contributed by atoms with Crippen LogP contribution >= 0.6 is 0 Å². The summed E-state index contributed by atoms with van der Waals surface area (Å²) in [5.74, 6) is 0.978. The lowest BCUT2D eigenvalue weighted by atomic mass is 9.84. The number of methoxy groups -OCH3 is 2. The van der Waals surface area contributed by atoms with Gasteiger partial charge in [-0.2, -0.15) is 0 Å². The van der Waals surface area contributed by atoms with Crippen LogP contribution in [0, 0.1) is 5.92 Å². The van der Waals surface area contributed by atoms with Gasteiger partial charge < -0.3 is 20.5 Å². The van der Waals surface area contributed by atoms with Gasteiger partial charge in [-0.1, -0.05) is 57.2 Å². The number of ether oxygens (including phenoxy) is 2. The summed E-state index contributed by atoms with van der Waals surface area (Å²) in [5.41, 5.74) is 8.01. The Morgan fingerprint density at radius 2 is 1.70 bits per heavy atom. The highest BCUT2D eigenvalue weighted by atomic mass is 16.5. The summed E-state index contributed by atoms with van der Waals surface area (Å²) in [5, 5.41) is 3.05. The molecule has 146 valence electrons. The Morgan fingerprint density at radius 1 is 1.07 bits per heavy atom. The minimum atomic E-state index is -0.338. The molecule has 0 heterocycles. The number of rotatable bonds is 8. The van der Waals surface area contributed by atoms with E-state index in [1.54, 1.807) is 14.2 Å². The van der Waals surface area contributed by atoms with Crippen LogP contribution in [0.2, 0.25) is 0 Å². The van der Waals surface area contributed by atoms with Gasteiger partial charge in [-0.3, -0.25) is 4.79 Å². The van der Waals surface area contributed by atoms with Crippen LogP contribution in [-0.2, 0) is 10.2 Å². The molecule has 0 bridgehead atoms. The van der Waals surface area contributed by atoms with E-state index in [1.165, 1.54) is 0 Å². The standard InChI is InChI=1S/C22H30N2O3/c1-15(20(23)16-9-7-6-8-10-16)21(25)24-14-22(2,3)17-11-12-18(26-4)19(13-17)27-5/h6-13,15,20H,14,23H2,1-5H3,(H,24,25). The molecule has 2 aromatic rings. The van der Waals surface area contributed by atoms with Crippen LogP contribution in [-0.4, -0.2) is 26.7 Å². The Labute approximate surface area is 161 Å². The fourth-order valence-corrected chi connectivity index (χ4v) is 2.96. The Balaban J connectivity index is 2.04. The van der Waals surface area contributed by atoms with E-state index in [9.17, 15) is 4.79 Å². The van der Waals surface area contributed by atoms with Crippen molar-refractivity contribution >= 4 is 5.91 Å². The number of carbonyl (C=O) groups excluding carboxylic acids is 1. The molecular formula is C22H30N2O3. The third kappa shape index (κ3) is 5.01. The maximum Gasteiger partial charge on any atom is 0.224 e.